The first kappa shape index (κ1) is 14.1. The topological polar surface area (TPSA) is 90.5 Å². The van der Waals surface area contributed by atoms with Crippen LogP contribution in [-0.2, 0) is 10.0 Å². The smallest absolute Gasteiger partial charge is 0.352 e. The summed E-state index contributed by atoms with van der Waals surface area (Å²) in [7, 11) is -3.61. The van der Waals surface area contributed by atoms with Crippen LogP contribution in [0.5, 0.6) is 0 Å². The maximum absolute atomic E-state index is 12.6. The van der Waals surface area contributed by atoms with Gasteiger partial charge in [0, 0.05) is 24.3 Å². The van der Waals surface area contributed by atoms with Crippen LogP contribution in [0.2, 0.25) is 0 Å². The van der Waals surface area contributed by atoms with E-state index in [9.17, 15) is 13.2 Å². The Morgan fingerprint density at radius 1 is 1.42 bits per heavy atom. The molecule has 2 N–H and O–H groups in total. The van der Waals surface area contributed by atoms with Crippen molar-refractivity contribution in [1.82, 2.24) is 9.29 Å². The summed E-state index contributed by atoms with van der Waals surface area (Å²) in [5.74, 6) is -0.801. The molecule has 1 unspecified atom stereocenters. The van der Waals surface area contributed by atoms with Crippen LogP contribution in [0.1, 0.15) is 35.1 Å². The minimum absolute atomic E-state index is 0.0525. The van der Waals surface area contributed by atoms with Crippen molar-refractivity contribution < 1.29 is 18.3 Å². The van der Waals surface area contributed by atoms with Gasteiger partial charge in [0.05, 0.1) is 0 Å². The molecular weight excluding hydrogens is 268 g/mol. The number of carboxylic acids is 1. The highest BCUT2D eigenvalue weighted by Gasteiger charge is 2.35. The lowest BCUT2D eigenvalue weighted by molar-refractivity contribution is 0.0690. The van der Waals surface area contributed by atoms with Gasteiger partial charge in [0.15, 0.2) is 0 Å². The number of nitrogens with one attached hydrogen (secondary N) is 1. The second kappa shape index (κ2) is 4.64. The molecule has 2 heterocycles. The zero-order chi connectivity index (χ0) is 14.4. The van der Waals surface area contributed by atoms with Crippen molar-refractivity contribution >= 4 is 16.0 Å². The van der Waals surface area contributed by atoms with E-state index in [0.29, 0.717) is 24.7 Å². The van der Waals surface area contributed by atoms with E-state index in [1.807, 2.05) is 6.92 Å². The van der Waals surface area contributed by atoms with Crippen LogP contribution in [0.25, 0.3) is 0 Å². The summed E-state index contributed by atoms with van der Waals surface area (Å²) < 4.78 is 26.6. The van der Waals surface area contributed by atoms with Crippen LogP contribution >= 0.6 is 0 Å². The number of aromatic amines is 1. The van der Waals surface area contributed by atoms with Gasteiger partial charge in [0.25, 0.3) is 0 Å². The Labute approximate surface area is 112 Å². The molecule has 0 bridgehead atoms. The van der Waals surface area contributed by atoms with E-state index >= 15 is 0 Å². The van der Waals surface area contributed by atoms with Crippen LogP contribution in [0.3, 0.4) is 0 Å². The number of H-pyrrole nitrogens is 1. The zero-order valence-corrected chi connectivity index (χ0v) is 12.0. The molecule has 1 aliphatic heterocycles. The van der Waals surface area contributed by atoms with Gasteiger partial charge >= 0.3 is 5.97 Å². The molecule has 0 aromatic carbocycles. The van der Waals surface area contributed by atoms with E-state index in [-0.39, 0.29) is 16.2 Å². The number of carbonyl (C=O) groups is 1. The molecular formula is C12H18N2O4S. The highest BCUT2D eigenvalue weighted by atomic mass is 32.2. The van der Waals surface area contributed by atoms with Crippen molar-refractivity contribution in [2.24, 2.45) is 5.92 Å². The Morgan fingerprint density at radius 2 is 2.05 bits per heavy atom. The Morgan fingerprint density at radius 3 is 2.47 bits per heavy atom. The molecule has 0 radical (unpaired) electrons. The number of hydrogen-bond acceptors (Lipinski definition) is 3. The molecule has 1 saturated heterocycles. The lowest BCUT2D eigenvalue weighted by atomic mass is 10.2. The number of aromatic carboxylic acids is 1. The number of sulfonamides is 1. The van der Waals surface area contributed by atoms with Gasteiger partial charge in [-0.1, -0.05) is 6.92 Å². The number of carboxylic acid groups (broad SMARTS) is 1. The van der Waals surface area contributed by atoms with Gasteiger partial charge in [0.2, 0.25) is 10.0 Å². The summed E-state index contributed by atoms with van der Waals surface area (Å²) in [6.45, 7) is 6.12. The SMILES string of the molecule is Cc1[nH]c(C(=O)O)c(C)c1S(=O)(=O)N1CCC(C)C1. The molecule has 0 saturated carbocycles. The summed E-state index contributed by atoms with van der Waals surface area (Å²) in [6, 6.07) is 0. The quantitative estimate of drug-likeness (QED) is 0.877. The molecule has 0 spiro atoms. The van der Waals surface area contributed by atoms with Gasteiger partial charge in [-0.3, -0.25) is 0 Å². The molecule has 106 valence electrons. The largest absolute Gasteiger partial charge is 0.477 e. The molecule has 1 atom stereocenters. The molecule has 2 rings (SSSR count). The first-order valence-corrected chi connectivity index (χ1v) is 7.61. The first-order valence-electron chi connectivity index (χ1n) is 6.17. The number of hydrogen-bond donors (Lipinski definition) is 2. The first-order chi connectivity index (χ1) is 8.75. The van der Waals surface area contributed by atoms with Crippen LogP contribution in [-0.4, -0.2) is 41.9 Å². The Bertz CT molecular complexity index is 618. The molecule has 19 heavy (non-hydrogen) atoms. The van der Waals surface area contributed by atoms with Gasteiger partial charge in [-0.25, -0.2) is 13.2 Å². The van der Waals surface area contributed by atoms with Crippen molar-refractivity contribution in [2.45, 2.75) is 32.1 Å². The van der Waals surface area contributed by atoms with Crippen molar-refractivity contribution in [3.63, 3.8) is 0 Å². The second-order valence-electron chi connectivity index (χ2n) is 5.14. The fourth-order valence-electron chi connectivity index (χ4n) is 2.58. The van der Waals surface area contributed by atoms with Crippen LogP contribution < -0.4 is 0 Å². The molecule has 1 fully saturated rings. The molecule has 1 aliphatic rings. The summed E-state index contributed by atoms with van der Waals surface area (Å²) in [5, 5.41) is 9.04. The lowest BCUT2D eigenvalue weighted by Crippen LogP contribution is -2.29. The van der Waals surface area contributed by atoms with Crippen molar-refractivity contribution in [1.29, 1.82) is 0 Å². The van der Waals surface area contributed by atoms with E-state index in [0.717, 1.165) is 6.42 Å². The van der Waals surface area contributed by atoms with Crippen molar-refractivity contribution in [3.05, 3.63) is 17.0 Å². The van der Waals surface area contributed by atoms with Crippen molar-refractivity contribution in [3.8, 4) is 0 Å². The Kier molecular flexibility index (Phi) is 3.44. The van der Waals surface area contributed by atoms with E-state index in [4.69, 9.17) is 5.11 Å². The average Bonchev–Trinajstić information content (AvgIpc) is 2.83. The summed E-state index contributed by atoms with van der Waals surface area (Å²) in [5.41, 5.74) is 0.613. The summed E-state index contributed by atoms with van der Waals surface area (Å²) in [6.07, 6.45) is 0.841. The molecule has 0 aliphatic carbocycles. The Hall–Kier alpha value is -1.34. The predicted octanol–water partition coefficient (Wildman–Crippen LogP) is 1.36. The Balaban J connectivity index is 2.50. The monoisotopic (exact) mass is 286 g/mol. The molecule has 1 aromatic heterocycles. The predicted molar refractivity (Wildman–Crippen MR) is 69.8 cm³/mol. The third-order valence-corrected chi connectivity index (χ3v) is 5.71. The third kappa shape index (κ3) is 2.28. The van der Waals surface area contributed by atoms with E-state index < -0.39 is 16.0 Å². The van der Waals surface area contributed by atoms with Crippen LogP contribution in [0, 0.1) is 19.8 Å². The van der Waals surface area contributed by atoms with Gasteiger partial charge in [-0.2, -0.15) is 4.31 Å². The van der Waals surface area contributed by atoms with E-state index in [1.54, 1.807) is 6.92 Å². The highest BCUT2D eigenvalue weighted by Crippen LogP contribution is 2.29. The minimum Gasteiger partial charge on any atom is -0.477 e. The molecule has 0 amide bonds. The second-order valence-corrected chi connectivity index (χ2v) is 7.02. The maximum atomic E-state index is 12.6. The normalized spacial score (nSPS) is 20.9. The maximum Gasteiger partial charge on any atom is 0.352 e. The fraction of sp³-hybridized carbons (Fsp3) is 0.583. The number of aryl methyl sites for hydroxylation is 1. The standard InChI is InChI=1S/C12H18N2O4S/c1-7-4-5-14(6-7)19(17,18)11-8(2)10(12(15)16)13-9(11)3/h7,13H,4-6H2,1-3H3,(H,15,16). The van der Waals surface area contributed by atoms with E-state index in [2.05, 4.69) is 4.98 Å². The number of rotatable bonds is 3. The van der Waals surface area contributed by atoms with Gasteiger partial charge < -0.3 is 10.1 Å². The highest BCUT2D eigenvalue weighted by molar-refractivity contribution is 7.89. The fourth-order valence-corrected chi connectivity index (χ4v) is 4.56. The zero-order valence-electron chi connectivity index (χ0n) is 11.2. The van der Waals surface area contributed by atoms with Crippen molar-refractivity contribution in [2.75, 3.05) is 13.1 Å². The minimum atomic E-state index is -3.61. The van der Waals surface area contributed by atoms with Crippen LogP contribution in [0.15, 0.2) is 4.90 Å². The lowest BCUT2D eigenvalue weighted by Gasteiger charge is -2.16. The van der Waals surface area contributed by atoms with Gasteiger partial charge in [-0.05, 0) is 26.2 Å². The summed E-state index contributed by atoms with van der Waals surface area (Å²) in [4.78, 5) is 13.8. The third-order valence-electron chi connectivity index (χ3n) is 3.57. The average molecular weight is 286 g/mol. The van der Waals surface area contributed by atoms with E-state index in [1.165, 1.54) is 11.2 Å². The van der Waals surface area contributed by atoms with Gasteiger partial charge in [0.1, 0.15) is 10.6 Å². The van der Waals surface area contributed by atoms with Gasteiger partial charge in [-0.15, -0.1) is 0 Å². The molecule has 7 heteroatoms. The number of aromatic nitrogens is 1. The van der Waals surface area contributed by atoms with Crippen LogP contribution in [0.4, 0.5) is 0 Å². The number of nitrogens with zero attached hydrogens (tertiary/aromatic N) is 1. The summed E-state index contributed by atoms with van der Waals surface area (Å²) >= 11 is 0. The molecule has 6 nitrogen and oxygen atoms in total. The molecule has 1 aromatic rings.